The third-order valence-corrected chi connectivity index (χ3v) is 2.91. The maximum atomic E-state index is 8.98. The van der Waals surface area contributed by atoms with E-state index in [1.54, 1.807) is 12.4 Å². The monoisotopic (exact) mass is 217 g/mol. The molecular weight excluding hydrogens is 202 g/mol. The van der Waals surface area contributed by atoms with E-state index in [9.17, 15) is 0 Å². The van der Waals surface area contributed by atoms with Crippen LogP contribution in [0.25, 0.3) is 0 Å². The minimum atomic E-state index is 0.416. The van der Waals surface area contributed by atoms with Crippen molar-refractivity contribution in [2.45, 2.75) is 18.9 Å². The molecule has 0 amide bonds. The summed E-state index contributed by atoms with van der Waals surface area (Å²) < 4.78 is 0. The molecule has 1 fully saturated rings. The lowest BCUT2D eigenvalue weighted by atomic mass is 10.1. The molecule has 1 aromatic heterocycles. The molecule has 1 unspecified atom stereocenters. The molecule has 1 N–H and O–H groups in total. The average molecular weight is 217 g/mol. The van der Waals surface area contributed by atoms with Crippen LogP contribution in [0.1, 0.15) is 18.5 Å². The summed E-state index contributed by atoms with van der Waals surface area (Å²) in [5.74, 6) is 0.713. The van der Waals surface area contributed by atoms with E-state index < -0.39 is 0 Å². The van der Waals surface area contributed by atoms with Gasteiger partial charge in [-0.15, -0.1) is 0 Å². The Bertz CT molecular complexity index is 398. The van der Waals surface area contributed by atoms with Crippen molar-refractivity contribution in [3.63, 3.8) is 0 Å². The van der Waals surface area contributed by atoms with Gasteiger partial charge in [0.2, 0.25) is 0 Å². The Morgan fingerprint density at radius 1 is 1.50 bits per heavy atom. The van der Waals surface area contributed by atoms with Crippen molar-refractivity contribution in [1.82, 2.24) is 15.3 Å². The number of hydrogen-bond acceptors (Lipinski definition) is 5. The van der Waals surface area contributed by atoms with Crippen LogP contribution in [0.15, 0.2) is 12.4 Å². The lowest BCUT2D eigenvalue weighted by Gasteiger charge is -2.33. The molecule has 1 atom stereocenters. The van der Waals surface area contributed by atoms with Crippen molar-refractivity contribution in [3.8, 4) is 6.07 Å². The predicted octanol–water partition coefficient (Wildman–Crippen LogP) is 0.536. The van der Waals surface area contributed by atoms with Crippen LogP contribution in [0, 0.1) is 11.3 Å². The van der Waals surface area contributed by atoms with E-state index in [4.69, 9.17) is 5.26 Å². The van der Waals surface area contributed by atoms with Gasteiger partial charge < -0.3 is 10.2 Å². The molecule has 2 heterocycles. The molecule has 0 aliphatic carbocycles. The number of anilines is 1. The molecule has 1 aliphatic rings. The Kier molecular flexibility index (Phi) is 3.32. The molecule has 16 heavy (non-hydrogen) atoms. The number of rotatable bonds is 2. The summed E-state index contributed by atoms with van der Waals surface area (Å²) in [7, 11) is 1.97. The van der Waals surface area contributed by atoms with Crippen molar-refractivity contribution >= 4 is 5.82 Å². The zero-order valence-electron chi connectivity index (χ0n) is 9.35. The van der Waals surface area contributed by atoms with Gasteiger partial charge in [-0.25, -0.2) is 9.97 Å². The van der Waals surface area contributed by atoms with Crippen molar-refractivity contribution < 1.29 is 0 Å². The number of nitrogens with one attached hydrogen (secondary N) is 1. The van der Waals surface area contributed by atoms with Crippen LogP contribution in [0.3, 0.4) is 0 Å². The second-order valence-corrected chi connectivity index (χ2v) is 3.91. The van der Waals surface area contributed by atoms with E-state index in [0.29, 0.717) is 17.6 Å². The summed E-state index contributed by atoms with van der Waals surface area (Å²) in [4.78, 5) is 10.4. The smallest absolute Gasteiger partial charge is 0.183 e. The van der Waals surface area contributed by atoms with E-state index in [-0.39, 0.29) is 0 Å². The van der Waals surface area contributed by atoms with Crippen molar-refractivity contribution in [2.24, 2.45) is 0 Å². The first-order valence-corrected chi connectivity index (χ1v) is 5.48. The molecule has 0 saturated carbocycles. The molecule has 0 aromatic carbocycles. The highest BCUT2D eigenvalue weighted by Gasteiger charge is 2.21. The first kappa shape index (κ1) is 10.8. The number of likely N-dealkylation sites (N-methyl/N-ethyl adjacent to an activating group) is 1. The minimum absolute atomic E-state index is 0.416. The van der Waals surface area contributed by atoms with Gasteiger partial charge in [-0.05, 0) is 19.9 Å². The van der Waals surface area contributed by atoms with Gasteiger partial charge in [-0.2, -0.15) is 5.26 Å². The van der Waals surface area contributed by atoms with Crippen LogP contribution in [-0.4, -0.2) is 36.1 Å². The third-order valence-electron chi connectivity index (χ3n) is 2.91. The molecule has 84 valence electrons. The SMILES string of the molecule is CNC1CCCN(c2nccnc2C#N)C1. The van der Waals surface area contributed by atoms with E-state index >= 15 is 0 Å². The van der Waals surface area contributed by atoms with Crippen LogP contribution >= 0.6 is 0 Å². The van der Waals surface area contributed by atoms with E-state index in [0.717, 1.165) is 19.5 Å². The summed E-state index contributed by atoms with van der Waals surface area (Å²) in [5, 5.41) is 12.2. The summed E-state index contributed by atoms with van der Waals surface area (Å²) >= 11 is 0. The fourth-order valence-corrected chi connectivity index (χ4v) is 2.05. The van der Waals surface area contributed by atoms with Crippen LogP contribution < -0.4 is 10.2 Å². The van der Waals surface area contributed by atoms with Gasteiger partial charge in [0, 0.05) is 31.5 Å². The molecule has 0 bridgehead atoms. The molecular formula is C11H15N5. The highest BCUT2D eigenvalue weighted by molar-refractivity contribution is 5.49. The van der Waals surface area contributed by atoms with Crippen molar-refractivity contribution in [1.29, 1.82) is 5.26 Å². The maximum Gasteiger partial charge on any atom is 0.183 e. The third kappa shape index (κ3) is 2.12. The number of aromatic nitrogens is 2. The molecule has 5 nitrogen and oxygen atoms in total. The standard InChI is InChI=1S/C11H15N5/c1-13-9-3-2-6-16(8-9)11-10(7-12)14-4-5-15-11/h4-5,9,13H,2-3,6,8H2,1H3. The fourth-order valence-electron chi connectivity index (χ4n) is 2.05. The first-order valence-electron chi connectivity index (χ1n) is 5.48. The zero-order valence-corrected chi connectivity index (χ0v) is 9.35. The van der Waals surface area contributed by atoms with E-state index in [1.165, 1.54) is 6.42 Å². The van der Waals surface area contributed by atoms with E-state index in [2.05, 4.69) is 26.3 Å². The van der Waals surface area contributed by atoms with Crippen molar-refractivity contribution in [2.75, 3.05) is 25.0 Å². The van der Waals surface area contributed by atoms with Crippen LogP contribution in [0.4, 0.5) is 5.82 Å². The molecule has 0 radical (unpaired) electrons. The second kappa shape index (κ2) is 4.90. The largest absolute Gasteiger partial charge is 0.353 e. The van der Waals surface area contributed by atoms with Gasteiger partial charge in [0.1, 0.15) is 6.07 Å². The lowest BCUT2D eigenvalue weighted by Crippen LogP contribution is -2.45. The van der Waals surface area contributed by atoms with Crippen LogP contribution in [0.2, 0.25) is 0 Å². The quantitative estimate of drug-likeness (QED) is 0.783. The molecule has 2 rings (SSSR count). The highest BCUT2D eigenvalue weighted by Crippen LogP contribution is 2.19. The van der Waals surface area contributed by atoms with E-state index in [1.807, 2.05) is 7.05 Å². The number of nitrogens with zero attached hydrogens (tertiary/aromatic N) is 4. The van der Waals surface area contributed by atoms with Gasteiger partial charge >= 0.3 is 0 Å². The summed E-state index contributed by atoms with van der Waals surface area (Å²) in [6.07, 6.45) is 5.49. The van der Waals surface area contributed by atoms with Gasteiger partial charge in [-0.1, -0.05) is 0 Å². The van der Waals surface area contributed by atoms with Gasteiger partial charge in [0.25, 0.3) is 0 Å². The van der Waals surface area contributed by atoms with Gasteiger partial charge in [0.15, 0.2) is 11.5 Å². The maximum absolute atomic E-state index is 8.98. The molecule has 1 aromatic rings. The Hall–Kier alpha value is -1.67. The molecule has 1 aliphatic heterocycles. The van der Waals surface area contributed by atoms with Crippen LogP contribution in [0.5, 0.6) is 0 Å². The number of piperidine rings is 1. The second-order valence-electron chi connectivity index (χ2n) is 3.91. The average Bonchev–Trinajstić information content (AvgIpc) is 2.38. The minimum Gasteiger partial charge on any atom is -0.353 e. The Balaban J connectivity index is 2.20. The fraction of sp³-hybridized carbons (Fsp3) is 0.545. The number of hydrogen-bond donors (Lipinski definition) is 1. The molecule has 1 saturated heterocycles. The van der Waals surface area contributed by atoms with Crippen molar-refractivity contribution in [3.05, 3.63) is 18.1 Å². The Morgan fingerprint density at radius 3 is 3.06 bits per heavy atom. The summed E-state index contributed by atoms with van der Waals surface area (Å²) in [6.45, 7) is 1.84. The predicted molar refractivity (Wildman–Crippen MR) is 61.0 cm³/mol. The topological polar surface area (TPSA) is 64.8 Å². The summed E-state index contributed by atoms with van der Waals surface area (Å²) in [5.41, 5.74) is 0.416. The highest BCUT2D eigenvalue weighted by atomic mass is 15.2. The van der Waals surface area contributed by atoms with Gasteiger partial charge in [-0.3, -0.25) is 0 Å². The molecule has 0 spiro atoms. The molecule has 5 heteroatoms. The van der Waals surface area contributed by atoms with Crippen LogP contribution in [-0.2, 0) is 0 Å². The Morgan fingerprint density at radius 2 is 2.31 bits per heavy atom. The van der Waals surface area contributed by atoms with Gasteiger partial charge in [0.05, 0.1) is 0 Å². The zero-order chi connectivity index (χ0) is 11.4. The normalized spacial score (nSPS) is 20.5. The Labute approximate surface area is 95.1 Å². The first-order chi connectivity index (χ1) is 7.85. The summed E-state index contributed by atoms with van der Waals surface area (Å²) in [6, 6.07) is 2.56. The number of nitriles is 1. The lowest BCUT2D eigenvalue weighted by molar-refractivity contribution is 0.447.